The number of nitrogens with zero attached hydrogens (tertiary/aromatic N) is 4. The lowest BCUT2D eigenvalue weighted by Gasteiger charge is -2.28. The van der Waals surface area contributed by atoms with Crippen LogP contribution in [0.3, 0.4) is 0 Å². The fourth-order valence-corrected chi connectivity index (χ4v) is 3.32. The van der Waals surface area contributed by atoms with E-state index in [0.717, 1.165) is 23.3 Å². The van der Waals surface area contributed by atoms with Crippen LogP contribution in [0.5, 0.6) is 5.75 Å². The molecule has 2 aromatic heterocycles. The third-order valence-corrected chi connectivity index (χ3v) is 4.77. The van der Waals surface area contributed by atoms with E-state index in [1.54, 1.807) is 17.7 Å². The van der Waals surface area contributed by atoms with Gasteiger partial charge in [-0.2, -0.15) is 0 Å². The molecule has 3 rings (SSSR count). The maximum atomic E-state index is 12.9. The molecule has 2 aromatic rings. The minimum Gasteiger partial charge on any atom is -0.490 e. The number of hydrogen-bond acceptors (Lipinski definition) is 5. The summed E-state index contributed by atoms with van der Waals surface area (Å²) in [6, 6.07) is 0. The van der Waals surface area contributed by atoms with Crippen molar-refractivity contribution in [1.29, 1.82) is 0 Å². The van der Waals surface area contributed by atoms with Crippen LogP contribution in [-0.2, 0) is 5.54 Å². The van der Waals surface area contributed by atoms with Crippen LogP contribution in [0.2, 0.25) is 0 Å². The molecule has 0 spiro atoms. The SMILES string of the molecule is COc1c(=O)n(C2(C)CCN(C(C)=S)C2)cc2cnc(C)nc12. The van der Waals surface area contributed by atoms with Crippen molar-refractivity contribution in [3.8, 4) is 5.75 Å². The lowest BCUT2D eigenvalue weighted by Crippen LogP contribution is -2.41. The van der Waals surface area contributed by atoms with Gasteiger partial charge >= 0.3 is 0 Å². The Morgan fingerprint density at radius 2 is 2.22 bits per heavy atom. The van der Waals surface area contributed by atoms with Gasteiger partial charge in [-0.05, 0) is 27.2 Å². The highest BCUT2D eigenvalue weighted by atomic mass is 32.1. The molecule has 1 unspecified atom stereocenters. The van der Waals surface area contributed by atoms with Gasteiger partial charge in [0, 0.05) is 30.9 Å². The Morgan fingerprint density at radius 3 is 2.83 bits per heavy atom. The first-order valence-corrected chi connectivity index (χ1v) is 7.95. The van der Waals surface area contributed by atoms with Crippen molar-refractivity contribution in [3.05, 3.63) is 28.6 Å². The van der Waals surface area contributed by atoms with Gasteiger partial charge in [0.25, 0.3) is 5.56 Å². The fourth-order valence-electron chi connectivity index (χ4n) is 3.16. The molecule has 0 radical (unpaired) electrons. The number of pyridine rings is 1. The molecule has 0 bridgehead atoms. The number of likely N-dealkylation sites (tertiary alicyclic amines) is 1. The first kappa shape index (κ1) is 15.9. The predicted molar refractivity (Wildman–Crippen MR) is 93.2 cm³/mol. The van der Waals surface area contributed by atoms with Crippen LogP contribution in [0, 0.1) is 6.92 Å². The topological polar surface area (TPSA) is 60.2 Å². The normalized spacial score (nSPS) is 21.0. The molecule has 0 aromatic carbocycles. The van der Waals surface area contributed by atoms with E-state index in [1.165, 1.54) is 7.11 Å². The van der Waals surface area contributed by atoms with Crippen LogP contribution in [0.4, 0.5) is 0 Å². The zero-order chi connectivity index (χ0) is 16.8. The molecule has 1 aliphatic rings. The summed E-state index contributed by atoms with van der Waals surface area (Å²) >= 11 is 5.27. The van der Waals surface area contributed by atoms with Crippen molar-refractivity contribution in [2.24, 2.45) is 0 Å². The highest BCUT2D eigenvalue weighted by Crippen LogP contribution is 2.30. The molecule has 0 aliphatic carbocycles. The molecular formula is C16H20N4O2S. The quantitative estimate of drug-likeness (QED) is 0.783. The highest BCUT2D eigenvalue weighted by Gasteiger charge is 2.37. The first-order valence-electron chi connectivity index (χ1n) is 7.55. The number of ether oxygens (including phenoxy) is 1. The number of rotatable bonds is 2. The van der Waals surface area contributed by atoms with Crippen molar-refractivity contribution < 1.29 is 4.74 Å². The Labute approximate surface area is 140 Å². The lowest BCUT2D eigenvalue weighted by atomic mass is 10.0. The minimum atomic E-state index is -0.330. The van der Waals surface area contributed by atoms with Gasteiger partial charge in [-0.3, -0.25) is 4.79 Å². The number of hydrogen-bond donors (Lipinski definition) is 0. The van der Waals surface area contributed by atoms with E-state index >= 15 is 0 Å². The fraction of sp³-hybridized carbons (Fsp3) is 0.500. The Balaban J connectivity index is 2.19. The smallest absolute Gasteiger partial charge is 0.295 e. The van der Waals surface area contributed by atoms with E-state index in [-0.39, 0.29) is 16.8 Å². The van der Waals surface area contributed by atoms with Gasteiger partial charge in [-0.15, -0.1) is 0 Å². The standard InChI is InChI=1S/C16H20N4O2S/c1-10-17-7-12-8-20(15(21)14(22-4)13(12)18-10)16(3)5-6-19(9-16)11(2)23/h7-8H,5-6,9H2,1-4H3. The summed E-state index contributed by atoms with van der Waals surface area (Å²) in [7, 11) is 1.50. The van der Waals surface area contributed by atoms with Crippen molar-refractivity contribution in [2.75, 3.05) is 20.2 Å². The van der Waals surface area contributed by atoms with Crippen molar-refractivity contribution in [3.63, 3.8) is 0 Å². The average Bonchev–Trinajstić information content (AvgIpc) is 2.90. The first-order chi connectivity index (χ1) is 10.9. The van der Waals surface area contributed by atoms with E-state index in [9.17, 15) is 4.79 Å². The summed E-state index contributed by atoms with van der Waals surface area (Å²) in [5.41, 5.74) is 0.0685. The van der Waals surface area contributed by atoms with Gasteiger partial charge in [0.15, 0.2) is 0 Å². The third-order valence-electron chi connectivity index (χ3n) is 4.52. The number of aromatic nitrogens is 3. The molecule has 0 saturated carbocycles. The molecule has 1 atom stereocenters. The zero-order valence-corrected chi connectivity index (χ0v) is 14.6. The number of aryl methyl sites for hydroxylation is 1. The molecule has 1 saturated heterocycles. The van der Waals surface area contributed by atoms with Gasteiger partial charge in [0.2, 0.25) is 5.75 Å². The van der Waals surface area contributed by atoms with Crippen LogP contribution in [0.1, 0.15) is 26.1 Å². The van der Waals surface area contributed by atoms with E-state index in [0.29, 0.717) is 17.9 Å². The average molecular weight is 332 g/mol. The molecule has 1 aliphatic heterocycles. The van der Waals surface area contributed by atoms with Crippen LogP contribution in [0.15, 0.2) is 17.2 Å². The van der Waals surface area contributed by atoms with E-state index in [4.69, 9.17) is 17.0 Å². The monoisotopic (exact) mass is 332 g/mol. The maximum Gasteiger partial charge on any atom is 0.295 e. The number of fused-ring (bicyclic) bond motifs is 1. The molecule has 0 N–H and O–H groups in total. The summed E-state index contributed by atoms with van der Waals surface area (Å²) in [6.07, 6.45) is 4.42. The number of methoxy groups -OCH3 is 1. The second kappa shape index (κ2) is 5.56. The highest BCUT2D eigenvalue weighted by molar-refractivity contribution is 7.80. The summed E-state index contributed by atoms with van der Waals surface area (Å²) < 4.78 is 7.12. The number of thiocarbonyl (C=S) groups is 1. The Bertz CT molecular complexity index is 848. The van der Waals surface area contributed by atoms with Crippen molar-refractivity contribution in [2.45, 2.75) is 32.7 Å². The van der Waals surface area contributed by atoms with E-state index < -0.39 is 0 Å². The molecule has 7 heteroatoms. The Hall–Kier alpha value is -2.02. The molecule has 6 nitrogen and oxygen atoms in total. The maximum absolute atomic E-state index is 12.9. The van der Waals surface area contributed by atoms with E-state index in [2.05, 4.69) is 21.8 Å². The predicted octanol–water partition coefficient (Wildman–Crippen LogP) is 1.88. The van der Waals surface area contributed by atoms with Crippen LogP contribution in [-0.4, -0.2) is 44.6 Å². The van der Waals surface area contributed by atoms with Gasteiger partial charge in [-0.1, -0.05) is 12.2 Å². The van der Waals surface area contributed by atoms with Crippen molar-refractivity contribution in [1.82, 2.24) is 19.4 Å². The molecule has 1 fully saturated rings. The third kappa shape index (κ3) is 2.59. The Kier molecular flexibility index (Phi) is 3.83. The van der Waals surface area contributed by atoms with Crippen LogP contribution < -0.4 is 10.3 Å². The molecular weight excluding hydrogens is 312 g/mol. The summed E-state index contributed by atoms with van der Waals surface area (Å²) in [4.78, 5) is 24.5. The lowest BCUT2D eigenvalue weighted by molar-refractivity contribution is 0.312. The summed E-state index contributed by atoms with van der Waals surface area (Å²) in [5.74, 6) is 0.884. The van der Waals surface area contributed by atoms with Gasteiger partial charge in [-0.25, -0.2) is 9.97 Å². The minimum absolute atomic E-state index is 0.163. The molecule has 3 heterocycles. The molecule has 23 heavy (non-hydrogen) atoms. The van der Waals surface area contributed by atoms with Gasteiger partial charge in [0.05, 0.1) is 17.6 Å². The van der Waals surface area contributed by atoms with Gasteiger partial charge < -0.3 is 14.2 Å². The summed E-state index contributed by atoms with van der Waals surface area (Å²) in [6.45, 7) is 7.35. The molecule has 0 amide bonds. The van der Waals surface area contributed by atoms with E-state index in [1.807, 2.05) is 13.1 Å². The van der Waals surface area contributed by atoms with Crippen LogP contribution >= 0.6 is 12.2 Å². The Morgan fingerprint density at radius 1 is 1.48 bits per heavy atom. The largest absolute Gasteiger partial charge is 0.490 e. The molecule has 122 valence electrons. The second-order valence-electron chi connectivity index (χ2n) is 6.25. The van der Waals surface area contributed by atoms with Crippen molar-refractivity contribution >= 4 is 28.1 Å². The second-order valence-corrected chi connectivity index (χ2v) is 6.84. The van der Waals surface area contributed by atoms with Gasteiger partial charge in [0.1, 0.15) is 11.3 Å². The summed E-state index contributed by atoms with van der Waals surface area (Å²) in [5, 5.41) is 0.797. The van der Waals surface area contributed by atoms with Crippen LogP contribution in [0.25, 0.3) is 10.9 Å². The zero-order valence-electron chi connectivity index (χ0n) is 13.8.